The summed E-state index contributed by atoms with van der Waals surface area (Å²) in [6.45, 7) is 0. The van der Waals surface area contributed by atoms with E-state index in [4.69, 9.17) is 10.00 Å². The average Bonchev–Trinajstić information content (AvgIpc) is 2.47. The van der Waals surface area contributed by atoms with Crippen LogP contribution in [-0.4, -0.2) is 13.0 Å². The maximum absolute atomic E-state index is 12.1. The molecule has 5 heteroatoms. The molecule has 0 saturated heterocycles. The van der Waals surface area contributed by atoms with Crippen molar-refractivity contribution in [2.45, 2.75) is 0 Å². The van der Waals surface area contributed by atoms with Gasteiger partial charge in [0.1, 0.15) is 5.75 Å². The van der Waals surface area contributed by atoms with Crippen molar-refractivity contribution >= 4 is 34.2 Å². The molecule has 0 saturated carbocycles. The van der Waals surface area contributed by atoms with E-state index in [-0.39, 0.29) is 5.91 Å². The Hall–Kier alpha value is -2.07. The Balaban J connectivity index is 2.27. The molecule has 0 spiro atoms. The first-order valence-electron chi connectivity index (χ1n) is 5.79. The zero-order chi connectivity index (χ0) is 14.5. The number of carbonyl (C=O) groups is 1. The van der Waals surface area contributed by atoms with Gasteiger partial charge in [-0.05, 0) is 65.1 Å². The van der Waals surface area contributed by atoms with Crippen molar-refractivity contribution in [1.29, 1.82) is 5.26 Å². The second-order valence-corrected chi connectivity index (χ2v) is 5.23. The molecule has 4 nitrogen and oxygen atoms in total. The highest BCUT2D eigenvalue weighted by molar-refractivity contribution is 14.1. The standard InChI is InChI=1S/C15H11IN2O2/c1-20-14-7-2-10(9-17)8-13(14)18-15(19)11-3-5-12(16)6-4-11/h2-8H,1H3,(H,18,19). The Morgan fingerprint density at radius 1 is 1.25 bits per heavy atom. The first kappa shape index (κ1) is 14.3. The van der Waals surface area contributed by atoms with Gasteiger partial charge < -0.3 is 10.1 Å². The van der Waals surface area contributed by atoms with Gasteiger partial charge in [-0.25, -0.2) is 0 Å². The van der Waals surface area contributed by atoms with Crippen molar-refractivity contribution in [3.63, 3.8) is 0 Å². The zero-order valence-electron chi connectivity index (χ0n) is 10.7. The van der Waals surface area contributed by atoms with Crippen LogP contribution in [0.15, 0.2) is 42.5 Å². The predicted octanol–water partition coefficient (Wildman–Crippen LogP) is 3.42. The molecule has 2 aromatic carbocycles. The quantitative estimate of drug-likeness (QED) is 0.833. The van der Waals surface area contributed by atoms with E-state index in [1.807, 2.05) is 18.2 Å². The summed E-state index contributed by atoms with van der Waals surface area (Å²) in [7, 11) is 1.52. The molecule has 0 aromatic heterocycles. The number of hydrogen-bond donors (Lipinski definition) is 1. The first-order chi connectivity index (χ1) is 9.63. The summed E-state index contributed by atoms with van der Waals surface area (Å²) in [5, 5.41) is 11.7. The molecule has 0 aliphatic rings. The van der Waals surface area contributed by atoms with E-state index in [2.05, 4.69) is 27.9 Å². The van der Waals surface area contributed by atoms with Crippen molar-refractivity contribution in [2.75, 3.05) is 12.4 Å². The van der Waals surface area contributed by atoms with Crippen LogP contribution in [0.1, 0.15) is 15.9 Å². The molecule has 0 aliphatic heterocycles. The van der Waals surface area contributed by atoms with E-state index in [9.17, 15) is 4.79 Å². The van der Waals surface area contributed by atoms with Crippen LogP contribution < -0.4 is 10.1 Å². The number of rotatable bonds is 3. The summed E-state index contributed by atoms with van der Waals surface area (Å²) >= 11 is 2.18. The lowest BCUT2D eigenvalue weighted by atomic mass is 10.1. The van der Waals surface area contributed by atoms with Gasteiger partial charge in [-0.2, -0.15) is 5.26 Å². The third-order valence-corrected chi connectivity index (χ3v) is 3.40. The third-order valence-electron chi connectivity index (χ3n) is 2.68. The third kappa shape index (κ3) is 3.27. The Morgan fingerprint density at radius 3 is 2.55 bits per heavy atom. The van der Waals surface area contributed by atoms with Gasteiger partial charge in [0.2, 0.25) is 0 Å². The Morgan fingerprint density at radius 2 is 1.95 bits per heavy atom. The number of nitriles is 1. The molecule has 2 aromatic rings. The van der Waals surface area contributed by atoms with Gasteiger partial charge in [-0.15, -0.1) is 0 Å². The maximum Gasteiger partial charge on any atom is 0.255 e. The minimum atomic E-state index is -0.241. The average molecular weight is 378 g/mol. The number of amides is 1. The number of nitrogens with one attached hydrogen (secondary N) is 1. The molecule has 100 valence electrons. The molecule has 2 rings (SSSR count). The summed E-state index contributed by atoms with van der Waals surface area (Å²) in [4.78, 5) is 12.1. The molecule has 1 N–H and O–H groups in total. The van der Waals surface area contributed by atoms with Gasteiger partial charge in [0, 0.05) is 9.13 Å². The number of hydrogen-bond acceptors (Lipinski definition) is 3. The fraction of sp³-hybridized carbons (Fsp3) is 0.0667. The van der Waals surface area contributed by atoms with Gasteiger partial charge in [0.25, 0.3) is 5.91 Å². The molecular formula is C15H11IN2O2. The summed E-state index contributed by atoms with van der Waals surface area (Å²) in [5.74, 6) is 0.276. The number of ether oxygens (including phenoxy) is 1. The Labute approximate surface area is 130 Å². The van der Waals surface area contributed by atoms with E-state index in [1.165, 1.54) is 7.11 Å². The Kier molecular flexibility index (Phi) is 4.58. The summed E-state index contributed by atoms with van der Waals surface area (Å²) < 4.78 is 6.23. The van der Waals surface area contributed by atoms with Crippen LogP contribution >= 0.6 is 22.6 Å². The van der Waals surface area contributed by atoms with Crippen molar-refractivity contribution in [2.24, 2.45) is 0 Å². The van der Waals surface area contributed by atoms with E-state index < -0.39 is 0 Å². The molecular weight excluding hydrogens is 367 g/mol. The van der Waals surface area contributed by atoms with Crippen LogP contribution in [0, 0.1) is 14.9 Å². The summed E-state index contributed by atoms with van der Waals surface area (Å²) in [6, 6.07) is 14.1. The van der Waals surface area contributed by atoms with Crippen LogP contribution in [0.3, 0.4) is 0 Å². The van der Waals surface area contributed by atoms with Gasteiger partial charge in [-0.1, -0.05) is 0 Å². The first-order valence-corrected chi connectivity index (χ1v) is 6.87. The van der Waals surface area contributed by atoms with Gasteiger partial charge in [0.05, 0.1) is 24.4 Å². The van der Waals surface area contributed by atoms with Crippen LogP contribution in [0.4, 0.5) is 5.69 Å². The predicted molar refractivity (Wildman–Crippen MR) is 84.8 cm³/mol. The van der Waals surface area contributed by atoms with Gasteiger partial charge in [-0.3, -0.25) is 4.79 Å². The SMILES string of the molecule is COc1ccc(C#N)cc1NC(=O)c1ccc(I)cc1. The lowest BCUT2D eigenvalue weighted by Gasteiger charge is -2.10. The number of anilines is 1. The number of nitrogens with zero attached hydrogens (tertiary/aromatic N) is 1. The summed E-state index contributed by atoms with van der Waals surface area (Å²) in [6.07, 6.45) is 0. The van der Waals surface area contributed by atoms with E-state index in [1.54, 1.807) is 30.3 Å². The molecule has 0 unspecified atom stereocenters. The fourth-order valence-corrected chi connectivity index (χ4v) is 2.03. The number of methoxy groups -OCH3 is 1. The number of benzene rings is 2. The summed E-state index contributed by atoms with van der Waals surface area (Å²) in [5.41, 5.74) is 1.49. The molecule has 0 atom stereocenters. The molecule has 1 amide bonds. The smallest absolute Gasteiger partial charge is 0.255 e. The highest BCUT2D eigenvalue weighted by atomic mass is 127. The molecule has 0 radical (unpaired) electrons. The van der Waals surface area contributed by atoms with Crippen molar-refractivity contribution in [1.82, 2.24) is 0 Å². The Bertz CT molecular complexity index is 675. The molecule has 0 bridgehead atoms. The lowest BCUT2D eigenvalue weighted by molar-refractivity contribution is 0.102. The van der Waals surface area contributed by atoms with Crippen LogP contribution in [-0.2, 0) is 0 Å². The molecule has 20 heavy (non-hydrogen) atoms. The van der Waals surface area contributed by atoms with E-state index in [0.29, 0.717) is 22.6 Å². The van der Waals surface area contributed by atoms with Crippen molar-refractivity contribution in [3.8, 4) is 11.8 Å². The minimum Gasteiger partial charge on any atom is -0.495 e. The van der Waals surface area contributed by atoms with Crippen LogP contribution in [0.5, 0.6) is 5.75 Å². The van der Waals surface area contributed by atoms with Crippen molar-refractivity contribution in [3.05, 3.63) is 57.2 Å². The van der Waals surface area contributed by atoms with Crippen LogP contribution in [0.2, 0.25) is 0 Å². The van der Waals surface area contributed by atoms with E-state index in [0.717, 1.165) is 3.57 Å². The minimum absolute atomic E-state index is 0.241. The highest BCUT2D eigenvalue weighted by Crippen LogP contribution is 2.25. The molecule has 0 heterocycles. The largest absolute Gasteiger partial charge is 0.495 e. The highest BCUT2D eigenvalue weighted by Gasteiger charge is 2.10. The van der Waals surface area contributed by atoms with E-state index >= 15 is 0 Å². The fourth-order valence-electron chi connectivity index (χ4n) is 1.67. The van der Waals surface area contributed by atoms with Gasteiger partial charge >= 0.3 is 0 Å². The second kappa shape index (κ2) is 6.39. The molecule has 0 aliphatic carbocycles. The van der Waals surface area contributed by atoms with Crippen molar-refractivity contribution < 1.29 is 9.53 Å². The topological polar surface area (TPSA) is 62.1 Å². The zero-order valence-corrected chi connectivity index (χ0v) is 12.8. The monoisotopic (exact) mass is 378 g/mol. The van der Waals surface area contributed by atoms with Crippen LogP contribution in [0.25, 0.3) is 0 Å². The second-order valence-electron chi connectivity index (χ2n) is 3.99. The number of carbonyl (C=O) groups excluding carboxylic acids is 1. The molecule has 0 fully saturated rings. The van der Waals surface area contributed by atoms with Gasteiger partial charge in [0.15, 0.2) is 0 Å². The number of halogens is 1. The lowest BCUT2D eigenvalue weighted by Crippen LogP contribution is -2.12. The normalized spacial score (nSPS) is 9.65. The maximum atomic E-state index is 12.1.